The van der Waals surface area contributed by atoms with E-state index < -0.39 is 21.8 Å². The van der Waals surface area contributed by atoms with Crippen molar-refractivity contribution in [3.8, 4) is 0 Å². The lowest BCUT2D eigenvalue weighted by Crippen LogP contribution is -2.46. The highest BCUT2D eigenvalue weighted by atomic mass is 35.5. The van der Waals surface area contributed by atoms with Crippen LogP contribution in [0.15, 0.2) is 52.0 Å². The Balaban J connectivity index is 1.49. The fourth-order valence-corrected chi connectivity index (χ4v) is 5.44. The van der Waals surface area contributed by atoms with E-state index in [0.717, 1.165) is 18.6 Å². The third kappa shape index (κ3) is 6.32. The predicted octanol–water partition coefficient (Wildman–Crippen LogP) is 2.34. The van der Waals surface area contributed by atoms with Crippen LogP contribution in [0, 0.1) is 0 Å². The van der Waals surface area contributed by atoms with Gasteiger partial charge < -0.3 is 15.1 Å². The summed E-state index contributed by atoms with van der Waals surface area (Å²) in [7, 11) is -3.65. The molecule has 2 heterocycles. The molecule has 3 rings (SSSR count). The Bertz CT molecular complexity index is 977. The first-order valence-corrected chi connectivity index (χ1v) is 12.1. The van der Waals surface area contributed by atoms with Crippen molar-refractivity contribution in [3.05, 3.63) is 53.4 Å². The topological polar surface area (TPSA) is 109 Å². The van der Waals surface area contributed by atoms with Gasteiger partial charge in [-0.1, -0.05) is 18.0 Å². The Morgan fingerprint density at radius 1 is 1.06 bits per heavy atom. The highest BCUT2D eigenvalue weighted by Gasteiger charge is 2.33. The van der Waals surface area contributed by atoms with Gasteiger partial charge in [0.2, 0.25) is 10.0 Å². The molecule has 1 fully saturated rings. The molecule has 1 aromatic heterocycles. The van der Waals surface area contributed by atoms with E-state index in [-0.39, 0.29) is 24.0 Å². The van der Waals surface area contributed by atoms with Crippen LogP contribution in [0.1, 0.15) is 31.4 Å². The van der Waals surface area contributed by atoms with Gasteiger partial charge in [-0.3, -0.25) is 9.59 Å². The first kappa shape index (κ1) is 23.3. The van der Waals surface area contributed by atoms with Gasteiger partial charge in [0.05, 0.1) is 11.2 Å². The minimum atomic E-state index is -3.65. The Hall–Kier alpha value is -2.36. The molecule has 168 valence electrons. The quantitative estimate of drug-likeness (QED) is 0.579. The zero-order valence-corrected chi connectivity index (χ0v) is 18.6. The maximum Gasteiger partial charge on any atom is 0.309 e. The fourth-order valence-electron chi connectivity index (χ4n) is 3.59. The van der Waals surface area contributed by atoms with Crippen molar-refractivity contribution in [2.45, 2.75) is 43.0 Å². The minimum absolute atomic E-state index is 0.198. The molecular formula is C21H26ClN3O5S. The number of carbonyl (C=O) groups excluding carboxylic acids is 2. The summed E-state index contributed by atoms with van der Waals surface area (Å²) in [4.78, 5) is 24.1. The monoisotopic (exact) mass is 467 g/mol. The number of carbonyl (C=O) groups is 2. The minimum Gasteiger partial charge on any atom is -0.469 e. The Kier molecular flexibility index (Phi) is 8.11. The number of benzene rings is 1. The number of rotatable bonds is 8. The van der Waals surface area contributed by atoms with Crippen LogP contribution in [-0.4, -0.2) is 50.2 Å². The number of nitrogens with zero attached hydrogens (tertiary/aromatic N) is 1. The highest BCUT2D eigenvalue weighted by Crippen LogP contribution is 2.27. The summed E-state index contributed by atoms with van der Waals surface area (Å²) < 4.78 is 32.8. The highest BCUT2D eigenvalue weighted by molar-refractivity contribution is 7.89. The van der Waals surface area contributed by atoms with E-state index in [1.54, 1.807) is 30.5 Å². The zero-order chi connectivity index (χ0) is 22.3. The molecule has 8 nitrogen and oxygen atoms in total. The number of halogens is 1. The summed E-state index contributed by atoms with van der Waals surface area (Å²) in [6.07, 6.45) is 4.87. The zero-order valence-electron chi connectivity index (χ0n) is 17.1. The summed E-state index contributed by atoms with van der Waals surface area (Å²) in [6, 6.07) is 9.41. The Labute approximate surface area is 187 Å². The average Bonchev–Trinajstić information content (AvgIpc) is 3.27. The van der Waals surface area contributed by atoms with E-state index >= 15 is 0 Å². The summed E-state index contributed by atoms with van der Waals surface area (Å²) in [5.74, 6) is -0.733. The van der Waals surface area contributed by atoms with Crippen LogP contribution in [0.3, 0.4) is 0 Å². The first-order valence-electron chi connectivity index (χ1n) is 10.2. The van der Waals surface area contributed by atoms with Gasteiger partial charge in [0.25, 0.3) is 0 Å². The van der Waals surface area contributed by atoms with Gasteiger partial charge in [0, 0.05) is 37.1 Å². The molecule has 0 radical (unpaired) electrons. The molecule has 2 amide bonds. The number of furan rings is 1. The lowest BCUT2D eigenvalue weighted by Gasteiger charge is -2.34. The van der Waals surface area contributed by atoms with Crippen molar-refractivity contribution in [2.75, 3.05) is 19.6 Å². The van der Waals surface area contributed by atoms with Gasteiger partial charge in [-0.15, -0.1) is 0 Å². The Morgan fingerprint density at radius 3 is 2.45 bits per heavy atom. The van der Waals surface area contributed by atoms with Gasteiger partial charge in [0.15, 0.2) is 0 Å². The number of sulfonamides is 1. The molecule has 1 aliphatic rings. The van der Waals surface area contributed by atoms with Crippen LogP contribution in [0.5, 0.6) is 0 Å². The molecule has 1 aliphatic heterocycles. The normalized spacial score (nSPS) is 17.3. The van der Waals surface area contributed by atoms with Crippen LogP contribution in [0.2, 0.25) is 5.02 Å². The van der Waals surface area contributed by atoms with Crippen LogP contribution in [0.4, 0.5) is 0 Å². The van der Waals surface area contributed by atoms with Crippen molar-refractivity contribution in [3.63, 3.8) is 0 Å². The maximum absolute atomic E-state index is 13.1. The van der Waals surface area contributed by atoms with Crippen LogP contribution >= 0.6 is 11.6 Å². The second-order valence-corrected chi connectivity index (χ2v) is 9.68. The average molecular weight is 468 g/mol. The van der Waals surface area contributed by atoms with Gasteiger partial charge in [-0.2, -0.15) is 4.31 Å². The molecule has 2 N–H and O–H groups in total. The van der Waals surface area contributed by atoms with Gasteiger partial charge in [-0.25, -0.2) is 8.42 Å². The van der Waals surface area contributed by atoms with E-state index in [4.69, 9.17) is 16.0 Å². The van der Waals surface area contributed by atoms with E-state index in [1.807, 2.05) is 0 Å². The molecule has 10 heteroatoms. The molecule has 1 unspecified atom stereocenters. The number of hydrogen-bond donors (Lipinski definition) is 2. The second-order valence-electron chi connectivity index (χ2n) is 7.35. The summed E-state index contributed by atoms with van der Waals surface area (Å²) in [5.41, 5.74) is 0. The number of amides is 2. The van der Waals surface area contributed by atoms with Gasteiger partial charge >= 0.3 is 11.8 Å². The van der Waals surface area contributed by atoms with E-state index in [9.17, 15) is 18.0 Å². The first-order chi connectivity index (χ1) is 14.9. The molecule has 0 bridgehead atoms. The lowest BCUT2D eigenvalue weighted by atomic mass is 10.0. The van der Waals surface area contributed by atoms with Crippen molar-refractivity contribution in [1.29, 1.82) is 0 Å². The molecule has 1 aromatic carbocycles. The summed E-state index contributed by atoms with van der Waals surface area (Å²) in [5, 5.41) is 5.59. The molecule has 0 spiro atoms. The van der Waals surface area contributed by atoms with Crippen LogP contribution in [-0.2, 0) is 26.0 Å². The van der Waals surface area contributed by atoms with Crippen molar-refractivity contribution in [2.24, 2.45) is 0 Å². The van der Waals surface area contributed by atoms with Crippen molar-refractivity contribution >= 4 is 33.4 Å². The summed E-state index contributed by atoms with van der Waals surface area (Å²) >= 11 is 5.87. The standard InChI is InChI=1S/C21H26ClN3O5S/c22-16-6-8-19(9-7-16)31(28,29)25-14-2-1-4-17(25)10-12-23-20(26)21(27)24-13-11-18-5-3-15-30-18/h3,5-9,15,17H,1-2,4,10-14H2,(H,23,26)(H,24,27). The largest absolute Gasteiger partial charge is 0.469 e. The molecule has 0 aliphatic carbocycles. The summed E-state index contributed by atoms with van der Waals surface area (Å²) in [6.45, 7) is 0.925. The van der Waals surface area contributed by atoms with Crippen LogP contribution in [0.25, 0.3) is 0 Å². The van der Waals surface area contributed by atoms with Crippen LogP contribution < -0.4 is 10.6 Å². The second kappa shape index (κ2) is 10.8. The van der Waals surface area contributed by atoms with Gasteiger partial charge in [0.1, 0.15) is 5.76 Å². The van der Waals surface area contributed by atoms with Crippen molar-refractivity contribution in [1.82, 2.24) is 14.9 Å². The Morgan fingerprint density at radius 2 is 1.77 bits per heavy atom. The van der Waals surface area contributed by atoms with E-state index in [1.165, 1.54) is 16.4 Å². The van der Waals surface area contributed by atoms with E-state index in [2.05, 4.69) is 10.6 Å². The maximum atomic E-state index is 13.1. The molecule has 2 aromatic rings. The molecular weight excluding hydrogens is 442 g/mol. The smallest absolute Gasteiger partial charge is 0.309 e. The third-order valence-electron chi connectivity index (χ3n) is 5.20. The molecule has 0 saturated carbocycles. The van der Waals surface area contributed by atoms with E-state index in [0.29, 0.717) is 30.8 Å². The number of nitrogens with one attached hydrogen (secondary N) is 2. The predicted molar refractivity (Wildman–Crippen MR) is 116 cm³/mol. The fraction of sp³-hybridized carbons (Fsp3) is 0.429. The molecule has 1 atom stereocenters. The van der Waals surface area contributed by atoms with Gasteiger partial charge in [-0.05, 0) is 55.7 Å². The van der Waals surface area contributed by atoms with Crippen molar-refractivity contribution < 1.29 is 22.4 Å². The molecule has 1 saturated heterocycles. The number of piperidine rings is 1. The number of hydrogen-bond acceptors (Lipinski definition) is 5. The molecule has 31 heavy (non-hydrogen) atoms. The lowest BCUT2D eigenvalue weighted by molar-refractivity contribution is -0.139. The SMILES string of the molecule is O=C(NCCc1ccco1)C(=O)NCCC1CCCCN1S(=O)(=O)c1ccc(Cl)cc1. The third-order valence-corrected chi connectivity index (χ3v) is 7.42.